The third-order valence-electron chi connectivity index (χ3n) is 4.66. The second kappa shape index (κ2) is 7.44. The van der Waals surface area contributed by atoms with Crippen LogP contribution in [0.3, 0.4) is 0 Å². The Morgan fingerprint density at radius 1 is 1.25 bits per heavy atom. The van der Waals surface area contributed by atoms with Gasteiger partial charge in [-0.1, -0.05) is 24.2 Å². The van der Waals surface area contributed by atoms with Gasteiger partial charge in [0.15, 0.2) is 5.82 Å². The molecule has 1 fully saturated rings. The van der Waals surface area contributed by atoms with E-state index in [9.17, 15) is 9.18 Å². The zero-order valence-electron chi connectivity index (χ0n) is 14.9. The first-order chi connectivity index (χ1) is 13.6. The minimum atomic E-state index is -0.537. The molecular weight excluding hydrogens is 381 g/mol. The molecule has 1 saturated heterocycles. The van der Waals surface area contributed by atoms with Crippen molar-refractivity contribution in [2.75, 3.05) is 30.0 Å². The zero-order valence-corrected chi connectivity index (χ0v) is 15.7. The molecule has 1 aromatic heterocycles. The van der Waals surface area contributed by atoms with Crippen molar-refractivity contribution < 1.29 is 9.18 Å². The van der Waals surface area contributed by atoms with Gasteiger partial charge in [-0.25, -0.2) is 14.4 Å². The third-order valence-corrected chi connectivity index (χ3v) is 4.95. The fraction of sp³-hybridized carbons (Fsp3) is 0.150. The van der Waals surface area contributed by atoms with Crippen molar-refractivity contribution in [1.29, 1.82) is 0 Å². The molecule has 3 aromatic rings. The van der Waals surface area contributed by atoms with Gasteiger partial charge in [0.25, 0.3) is 0 Å². The highest BCUT2D eigenvalue weighted by molar-refractivity contribution is 6.31. The summed E-state index contributed by atoms with van der Waals surface area (Å²) in [5, 5.41) is 3.78. The Kier molecular flexibility index (Phi) is 4.83. The lowest BCUT2D eigenvalue weighted by Gasteiger charge is -2.20. The second-order valence-electron chi connectivity index (χ2n) is 6.36. The molecule has 0 aliphatic carbocycles. The van der Waals surface area contributed by atoms with Crippen molar-refractivity contribution in [2.24, 2.45) is 0 Å². The highest BCUT2D eigenvalue weighted by atomic mass is 35.5. The second-order valence-corrected chi connectivity index (χ2v) is 6.77. The number of aromatic nitrogens is 2. The molecular formula is C20H17ClFN5O. The molecule has 28 heavy (non-hydrogen) atoms. The van der Waals surface area contributed by atoms with Crippen LogP contribution in [0.4, 0.5) is 21.6 Å². The number of carbonyl (C=O) groups is 1. The number of fused-ring (bicyclic) bond motifs is 1. The number of carbonyl (C=O) groups excluding carboxylic acids is 1. The van der Waals surface area contributed by atoms with Crippen LogP contribution in [-0.2, 0) is 4.79 Å². The van der Waals surface area contributed by atoms with Gasteiger partial charge >= 0.3 is 0 Å². The Hall–Kier alpha value is -3.19. The smallest absolute Gasteiger partial charge is 0.247 e. The minimum Gasteiger partial charge on any atom is -0.352 e. The highest BCUT2D eigenvalue weighted by Gasteiger charge is 2.23. The van der Waals surface area contributed by atoms with Gasteiger partial charge in [0.2, 0.25) is 5.91 Å². The van der Waals surface area contributed by atoms with E-state index < -0.39 is 5.82 Å². The number of nitrogens with zero attached hydrogens (tertiary/aromatic N) is 4. The van der Waals surface area contributed by atoms with E-state index in [0.29, 0.717) is 25.6 Å². The van der Waals surface area contributed by atoms with Crippen molar-refractivity contribution in [3.8, 4) is 0 Å². The Labute approximate surface area is 166 Å². The Morgan fingerprint density at radius 2 is 2.11 bits per heavy atom. The van der Waals surface area contributed by atoms with Crippen molar-refractivity contribution in [3.05, 3.63) is 66.2 Å². The first kappa shape index (κ1) is 18.2. The lowest BCUT2D eigenvalue weighted by molar-refractivity contribution is -0.124. The zero-order chi connectivity index (χ0) is 19.7. The summed E-state index contributed by atoms with van der Waals surface area (Å²) in [4.78, 5) is 24.2. The summed E-state index contributed by atoms with van der Waals surface area (Å²) in [6.07, 6.45) is 2.74. The van der Waals surface area contributed by atoms with Gasteiger partial charge in [0, 0.05) is 24.2 Å². The molecule has 0 saturated carbocycles. The monoisotopic (exact) mass is 397 g/mol. The third kappa shape index (κ3) is 3.36. The number of rotatable bonds is 4. The van der Waals surface area contributed by atoms with Crippen LogP contribution in [0.25, 0.3) is 10.9 Å². The predicted octanol–water partition coefficient (Wildman–Crippen LogP) is 3.96. The van der Waals surface area contributed by atoms with E-state index in [1.165, 1.54) is 18.5 Å². The van der Waals surface area contributed by atoms with E-state index in [4.69, 9.17) is 11.6 Å². The summed E-state index contributed by atoms with van der Waals surface area (Å²) in [5.41, 5.74) is 1.89. The Balaban J connectivity index is 1.67. The van der Waals surface area contributed by atoms with Gasteiger partial charge in [-0.3, -0.25) is 4.79 Å². The molecule has 8 heteroatoms. The van der Waals surface area contributed by atoms with Gasteiger partial charge in [0.05, 0.1) is 22.9 Å². The van der Waals surface area contributed by atoms with E-state index in [-0.39, 0.29) is 16.6 Å². The molecule has 2 heterocycles. The molecule has 4 rings (SSSR count). The van der Waals surface area contributed by atoms with Crippen LogP contribution in [-0.4, -0.2) is 40.5 Å². The van der Waals surface area contributed by atoms with E-state index in [2.05, 4.69) is 26.8 Å². The van der Waals surface area contributed by atoms with Crippen LogP contribution in [0.2, 0.25) is 5.02 Å². The largest absolute Gasteiger partial charge is 0.352 e. The van der Waals surface area contributed by atoms with Crippen molar-refractivity contribution in [3.63, 3.8) is 0 Å². The molecule has 0 atom stereocenters. The number of anilines is 3. The summed E-state index contributed by atoms with van der Waals surface area (Å²) >= 11 is 5.87. The average molecular weight is 398 g/mol. The normalized spacial score (nSPS) is 13.8. The van der Waals surface area contributed by atoms with Crippen LogP contribution in [0.5, 0.6) is 0 Å². The van der Waals surface area contributed by atoms with Crippen LogP contribution in [0, 0.1) is 5.82 Å². The summed E-state index contributed by atoms with van der Waals surface area (Å²) in [6, 6.07) is 10.5. The topological polar surface area (TPSA) is 61.4 Å². The SMILES string of the molecule is C=CC(=O)N1CCN(c2ccc3ncnc(Nc4cccc(Cl)c4F)c3c2)C1. The van der Waals surface area contributed by atoms with Crippen LogP contribution < -0.4 is 10.2 Å². The maximum Gasteiger partial charge on any atom is 0.247 e. The molecule has 0 unspecified atom stereocenters. The molecule has 0 radical (unpaired) electrons. The number of amides is 1. The van der Waals surface area contributed by atoms with E-state index in [0.717, 1.165) is 16.6 Å². The number of nitrogens with one attached hydrogen (secondary N) is 1. The molecule has 142 valence electrons. The van der Waals surface area contributed by atoms with Gasteiger partial charge in [-0.05, 0) is 36.4 Å². The van der Waals surface area contributed by atoms with Gasteiger partial charge in [-0.15, -0.1) is 0 Å². The van der Waals surface area contributed by atoms with Gasteiger partial charge in [0.1, 0.15) is 12.1 Å². The molecule has 1 aliphatic heterocycles. The Morgan fingerprint density at radius 3 is 2.93 bits per heavy atom. The van der Waals surface area contributed by atoms with Crippen LogP contribution in [0.15, 0.2) is 55.4 Å². The maximum absolute atomic E-state index is 14.3. The number of hydrogen-bond donors (Lipinski definition) is 1. The summed E-state index contributed by atoms with van der Waals surface area (Å²) in [6.45, 7) is 5.36. The maximum atomic E-state index is 14.3. The van der Waals surface area contributed by atoms with Gasteiger partial charge in [-0.2, -0.15) is 0 Å². The lowest BCUT2D eigenvalue weighted by Crippen LogP contribution is -2.29. The molecule has 2 aromatic carbocycles. The first-order valence-corrected chi connectivity index (χ1v) is 9.06. The van der Waals surface area contributed by atoms with Gasteiger partial charge < -0.3 is 15.1 Å². The summed E-state index contributed by atoms with van der Waals surface area (Å²) < 4.78 is 14.3. The average Bonchev–Trinajstić information content (AvgIpc) is 3.21. The number of benzene rings is 2. The fourth-order valence-electron chi connectivity index (χ4n) is 3.18. The molecule has 0 bridgehead atoms. The van der Waals surface area contributed by atoms with Crippen molar-refractivity contribution >= 4 is 45.6 Å². The highest BCUT2D eigenvalue weighted by Crippen LogP contribution is 2.30. The van der Waals surface area contributed by atoms with E-state index in [1.807, 2.05) is 18.2 Å². The molecule has 1 N–H and O–H groups in total. The van der Waals surface area contributed by atoms with Crippen molar-refractivity contribution in [2.45, 2.75) is 0 Å². The number of halogens is 2. The Bertz CT molecular complexity index is 1070. The first-order valence-electron chi connectivity index (χ1n) is 8.69. The van der Waals surface area contributed by atoms with E-state index in [1.54, 1.807) is 17.0 Å². The van der Waals surface area contributed by atoms with E-state index >= 15 is 0 Å². The lowest BCUT2D eigenvalue weighted by atomic mass is 10.2. The summed E-state index contributed by atoms with van der Waals surface area (Å²) in [7, 11) is 0. The predicted molar refractivity (Wildman–Crippen MR) is 108 cm³/mol. The molecule has 1 amide bonds. The minimum absolute atomic E-state index is 0.0353. The van der Waals surface area contributed by atoms with Crippen LogP contribution in [0.1, 0.15) is 0 Å². The fourth-order valence-corrected chi connectivity index (χ4v) is 3.35. The molecule has 0 spiro atoms. The summed E-state index contributed by atoms with van der Waals surface area (Å²) in [5.74, 6) is -0.151. The van der Waals surface area contributed by atoms with Crippen LogP contribution >= 0.6 is 11.6 Å². The molecule has 6 nitrogen and oxygen atoms in total. The number of hydrogen-bond acceptors (Lipinski definition) is 5. The standard InChI is InChI=1S/C20H17ClFN5O/c1-2-18(28)27-9-8-26(12-27)13-6-7-16-14(10-13)20(24-11-23-16)25-17-5-3-4-15(21)19(17)22/h2-7,10-11H,1,8-9,12H2,(H,23,24,25). The van der Waals surface area contributed by atoms with Crippen molar-refractivity contribution in [1.82, 2.24) is 14.9 Å². The molecule has 1 aliphatic rings. The quantitative estimate of drug-likeness (QED) is 0.675.